The SMILES string of the molecule is COC(=O)[C@@H](NC(=O)c1ccc(C#Cc2ccc(CN3CCOCC3)cc2)cc1)C1CC1. The first-order chi connectivity index (χ1) is 15.6. The molecule has 0 bridgehead atoms. The van der Waals surface area contributed by atoms with Gasteiger partial charge < -0.3 is 14.8 Å². The molecule has 1 heterocycles. The maximum absolute atomic E-state index is 12.5. The lowest BCUT2D eigenvalue weighted by atomic mass is 10.1. The fourth-order valence-electron chi connectivity index (χ4n) is 3.71. The number of nitrogens with zero attached hydrogens (tertiary/aromatic N) is 1. The maximum Gasteiger partial charge on any atom is 0.328 e. The van der Waals surface area contributed by atoms with E-state index < -0.39 is 6.04 Å². The molecule has 4 rings (SSSR count). The third-order valence-electron chi connectivity index (χ3n) is 5.80. The molecule has 1 atom stereocenters. The van der Waals surface area contributed by atoms with Gasteiger partial charge in [0, 0.05) is 36.3 Å². The lowest BCUT2D eigenvalue weighted by molar-refractivity contribution is -0.143. The Morgan fingerprint density at radius 1 is 1.03 bits per heavy atom. The second kappa shape index (κ2) is 10.4. The topological polar surface area (TPSA) is 67.9 Å². The van der Waals surface area contributed by atoms with Crippen LogP contribution in [-0.4, -0.2) is 56.2 Å². The summed E-state index contributed by atoms with van der Waals surface area (Å²) >= 11 is 0. The van der Waals surface area contributed by atoms with Crippen LogP contribution in [0.25, 0.3) is 0 Å². The van der Waals surface area contributed by atoms with E-state index in [4.69, 9.17) is 9.47 Å². The van der Waals surface area contributed by atoms with Gasteiger partial charge in [0.25, 0.3) is 5.91 Å². The molecule has 6 heteroatoms. The molecule has 2 aromatic rings. The lowest BCUT2D eigenvalue weighted by Gasteiger charge is -2.26. The Labute approximate surface area is 188 Å². The third-order valence-corrected chi connectivity index (χ3v) is 5.80. The van der Waals surface area contributed by atoms with Gasteiger partial charge in [-0.05, 0) is 60.7 Å². The van der Waals surface area contributed by atoms with Gasteiger partial charge in [0.15, 0.2) is 0 Å². The van der Waals surface area contributed by atoms with E-state index in [1.807, 2.05) is 24.3 Å². The van der Waals surface area contributed by atoms with E-state index in [1.54, 1.807) is 12.1 Å². The van der Waals surface area contributed by atoms with Crippen LogP contribution in [0.3, 0.4) is 0 Å². The Bertz CT molecular complexity index is 995. The fraction of sp³-hybridized carbons (Fsp3) is 0.385. The van der Waals surface area contributed by atoms with Gasteiger partial charge in [0.1, 0.15) is 6.04 Å². The molecule has 2 aromatic carbocycles. The van der Waals surface area contributed by atoms with Crippen LogP contribution in [-0.2, 0) is 20.8 Å². The zero-order valence-corrected chi connectivity index (χ0v) is 18.3. The highest BCUT2D eigenvalue weighted by molar-refractivity contribution is 5.97. The average molecular weight is 433 g/mol. The third kappa shape index (κ3) is 5.97. The van der Waals surface area contributed by atoms with Crippen molar-refractivity contribution >= 4 is 11.9 Å². The van der Waals surface area contributed by atoms with Gasteiger partial charge in [-0.25, -0.2) is 4.79 Å². The van der Waals surface area contributed by atoms with E-state index in [0.717, 1.165) is 56.8 Å². The number of carbonyl (C=O) groups excluding carboxylic acids is 2. The highest BCUT2D eigenvalue weighted by Gasteiger charge is 2.38. The van der Waals surface area contributed by atoms with Crippen molar-refractivity contribution in [3.05, 3.63) is 70.8 Å². The number of esters is 1. The predicted octanol–water partition coefficient (Wildman–Crippen LogP) is 2.60. The highest BCUT2D eigenvalue weighted by atomic mass is 16.5. The molecule has 1 saturated heterocycles. The summed E-state index contributed by atoms with van der Waals surface area (Å²) in [6.07, 6.45) is 1.87. The number of amides is 1. The van der Waals surface area contributed by atoms with Crippen molar-refractivity contribution in [2.45, 2.75) is 25.4 Å². The Morgan fingerprint density at radius 3 is 2.19 bits per heavy atom. The fourth-order valence-corrected chi connectivity index (χ4v) is 3.71. The van der Waals surface area contributed by atoms with Crippen LogP contribution in [0.4, 0.5) is 0 Å². The summed E-state index contributed by atoms with van der Waals surface area (Å²) in [5.41, 5.74) is 3.54. The zero-order valence-electron chi connectivity index (χ0n) is 18.3. The minimum absolute atomic E-state index is 0.178. The van der Waals surface area contributed by atoms with Crippen LogP contribution in [0.1, 0.15) is 39.9 Å². The van der Waals surface area contributed by atoms with Gasteiger partial charge >= 0.3 is 5.97 Å². The van der Waals surface area contributed by atoms with Crippen LogP contribution >= 0.6 is 0 Å². The summed E-state index contributed by atoms with van der Waals surface area (Å²) in [5, 5.41) is 2.80. The molecule has 166 valence electrons. The maximum atomic E-state index is 12.5. The molecule has 2 aliphatic rings. The van der Waals surface area contributed by atoms with E-state index >= 15 is 0 Å². The molecule has 1 aliphatic heterocycles. The van der Waals surface area contributed by atoms with E-state index in [0.29, 0.717) is 5.56 Å². The van der Waals surface area contributed by atoms with Crippen LogP contribution in [0.5, 0.6) is 0 Å². The van der Waals surface area contributed by atoms with Crippen molar-refractivity contribution in [2.75, 3.05) is 33.4 Å². The summed E-state index contributed by atoms with van der Waals surface area (Å²) in [4.78, 5) is 26.8. The molecule has 0 radical (unpaired) electrons. The summed E-state index contributed by atoms with van der Waals surface area (Å²) in [6, 6.07) is 14.8. The number of carbonyl (C=O) groups is 2. The van der Waals surface area contributed by atoms with Gasteiger partial charge in [-0.2, -0.15) is 0 Å². The molecule has 0 aromatic heterocycles. The summed E-state index contributed by atoms with van der Waals surface area (Å²) < 4.78 is 10.2. The second-order valence-electron chi connectivity index (χ2n) is 8.22. The standard InChI is InChI=1S/C26H28N2O4/c1-31-26(30)24(22-12-13-22)27-25(29)23-10-8-20(9-11-23)3-2-19-4-6-21(7-5-19)18-28-14-16-32-17-15-28/h4-11,22,24H,12-18H2,1H3,(H,27,29)/t24-/m0/s1. The number of rotatable bonds is 6. The summed E-state index contributed by atoms with van der Waals surface area (Å²) in [5.74, 6) is 5.83. The summed E-state index contributed by atoms with van der Waals surface area (Å²) in [7, 11) is 1.34. The molecule has 32 heavy (non-hydrogen) atoms. The van der Waals surface area contributed by atoms with Gasteiger partial charge in [-0.3, -0.25) is 9.69 Å². The number of methoxy groups -OCH3 is 1. The first-order valence-electron chi connectivity index (χ1n) is 11.0. The molecule has 0 spiro atoms. The van der Waals surface area contributed by atoms with Crippen LogP contribution < -0.4 is 5.32 Å². The Balaban J connectivity index is 1.33. The smallest absolute Gasteiger partial charge is 0.328 e. The van der Waals surface area contributed by atoms with Crippen LogP contribution in [0.15, 0.2) is 48.5 Å². The van der Waals surface area contributed by atoms with Gasteiger partial charge in [-0.1, -0.05) is 24.0 Å². The molecule has 1 saturated carbocycles. The van der Waals surface area contributed by atoms with Crippen LogP contribution in [0.2, 0.25) is 0 Å². The minimum Gasteiger partial charge on any atom is -0.467 e. The lowest BCUT2D eigenvalue weighted by Crippen LogP contribution is -2.43. The van der Waals surface area contributed by atoms with E-state index in [1.165, 1.54) is 12.7 Å². The van der Waals surface area contributed by atoms with Gasteiger partial charge in [0.05, 0.1) is 20.3 Å². The molecular weight excluding hydrogens is 404 g/mol. The molecule has 6 nitrogen and oxygen atoms in total. The number of morpholine rings is 1. The number of benzene rings is 2. The van der Waals surface area contributed by atoms with Crippen molar-refractivity contribution in [3.63, 3.8) is 0 Å². The minimum atomic E-state index is -0.571. The Kier molecular flexibility index (Phi) is 7.21. The van der Waals surface area contributed by atoms with Crippen molar-refractivity contribution in [3.8, 4) is 11.8 Å². The molecule has 1 amide bonds. The predicted molar refractivity (Wildman–Crippen MR) is 121 cm³/mol. The number of hydrogen-bond donors (Lipinski definition) is 1. The summed E-state index contributed by atoms with van der Waals surface area (Å²) in [6.45, 7) is 4.48. The van der Waals surface area contributed by atoms with Crippen LogP contribution in [0, 0.1) is 17.8 Å². The van der Waals surface area contributed by atoms with Crippen molar-refractivity contribution in [1.82, 2.24) is 10.2 Å². The zero-order chi connectivity index (χ0) is 22.3. The van der Waals surface area contributed by atoms with E-state index in [2.05, 4.69) is 34.2 Å². The number of hydrogen-bond acceptors (Lipinski definition) is 5. The van der Waals surface area contributed by atoms with Crippen molar-refractivity contribution < 1.29 is 19.1 Å². The largest absolute Gasteiger partial charge is 0.467 e. The molecule has 1 N–H and O–H groups in total. The first kappa shape index (κ1) is 22.1. The number of nitrogens with one attached hydrogen (secondary N) is 1. The average Bonchev–Trinajstić information content (AvgIpc) is 3.68. The van der Waals surface area contributed by atoms with E-state index in [-0.39, 0.29) is 17.8 Å². The Hall–Kier alpha value is -3.14. The van der Waals surface area contributed by atoms with Gasteiger partial charge in [0.2, 0.25) is 0 Å². The Morgan fingerprint density at radius 2 is 1.62 bits per heavy atom. The monoisotopic (exact) mass is 432 g/mol. The molecule has 0 unspecified atom stereocenters. The molecular formula is C26H28N2O4. The highest BCUT2D eigenvalue weighted by Crippen LogP contribution is 2.33. The van der Waals surface area contributed by atoms with Crippen molar-refractivity contribution in [2.24, 2.45) is 5.92 Å². The first-order valence-corrected chi connectivity index (χ1v) is 11.0. The van der Waals surface area contributed by atoms with Gasteiger partial charge in [-0.15, -0.1) is 0 Å². The second-order valence-corrected chi connectivity index (χ2v) is 8.22. The quantitative estimate of drug-likeness (QED) is 0.562. The van der Waals surface area contributed by atoms with Crippen molar-refractivity contribution in [1.29, 1.82) is 0 Å². The van der Waals surface area contributed by atoms with E-state index in [9.17, 15) is 9.59 Å². The molecule has 2 fully saturated rings. The normalized spacial score (nSPS) is 17.0. The number of ether oxygens (including phenoxy) is 2. The molecule has 1 aliphatic carbocycles.